The summed E-state index contributed by atoms with van der Waals surface area (Å²) in [6, 6.07) is 11.8. The zero-order chi connectivity index (χ0) is 20.9. The third-order valence-corrected chi connectivity index (χ3v) is 5.33. The molecule has 0 aliphatic carbocycles. The molecule has 0 bridgehead atoms. The summed E-state index contributed by atoms with van der Waals surface area (Å²) in [4.78, 5) is 2.10. The van der Waals surface area contributed by atoms with Crippen LogP contribution in [0.4, 0.5) is 0 Å². The molecule has 9 nitrogen and oxygen atoms in total. The van der Waals surface area contributed by atoms with Gasteiger partial charge >= 0.3 is 0 Å². The van der Waals surface area contributed by atoms with Crippen LogP contribution in [0.5, 0.6) is 17.2 Å². The first-order valence-corrected chi connectivity index (χ1v) is 9.91. The number of rotatable bonds is 8. The van der Waals surface area contributed by atoms with Gasteiger partial charge in [-0.25, -0.2) is 0 Å². The number of nitrogens with zero attached hydrogens (tertiary/aromatic N) is 2. The Morgan fingerprint density at radius 2 is 1.69 bits per heavy atom. The van der Waals surface area contributed by atoms with Crippen molar-refractivity contribution in [2.24, 2.45) is 5.10 Å². The predicted molar refractivity (Wildman–Crippen MR) is 108 cm³/mol. The van der Waals surface area contributed by atoms with Crippen molar-refractivity contribution in [1.82, 2.24) is 15.0 Å². The Hall–Kier alpha value is -3.53. The molecule has 3 rings (SSSR count). The molecule has 1 heterocycles. The first-order chi connectivity index (χ1) is 14.0. The normalized spacial score (nSPS) is 11.4. The lowest BCUT2D eigenvalue weighted by atomic mass is 10.1. The fourth-order valence-corrected chi connectivity index (χ4v) is 3.57. The van der Waals surface area contributed by atoms with Crippen LogP contribution in [0.2, 0.25) is 0 Å². The van der Waals surface area contributed by atoms with E-state index >= 15 is 0 Å². The Morgan fingerprint density at radius 1 is 1.00 bits per heavy atom. The number of benzene rings is 2. The molecule has 1 aromatic heterocycles. The summed E-state index contributed by atoms with van der Waals surface area (Å²) >= 11 is 0. The molecular weight excluding hydrogens is 396 g/mol. The maximum absolute atomic E-state index is 12.6. The molecule has 152 valence electrons. The second-order valence-corrected chi connectivity index (χ2v) is 7.43. The maximum Gasteiger partial charge on any atom is 0.280 e. The molecule has 0 aliphatic rings. The van der Waals surface area contributed by atoms with Gasteiger partial charge in [-0.2, -0.15) is 23.4 Å². The second kappa shape index (κ2) is 8.65. The SMILES string of the molecule is COc1ccc(-c2[nH]ncc2/C=N\NS(=O)(=O)c2cc(OC)ccc2OC)cc1. The van der Waals surface area contributed by atoms with Gasteiger partial charge in [0.25, 0.3) is 10.0 Å². The van der Waals surface area contributed by atoms with E-state index in [4.69, 9.17) is 14.2 Å². The van der Waals surface area contributed by atoms with E-state index in [-0.39, 0.29) is 10.6 Å². The highest BCUT2D eigenvalue weighted by molar-refractivity contribution is 7.89. The number of methoxy groups -OCH3 is 3. The molecule has 29 heavy (non-hydrogen) atoms. The molecule has 0 aliphatic heterocycles. The highest BCUT2D eigenvalue weighted by Crippen LogP contribution is 2.28. The van der Waals surface area contributed by atoms with Crippen molar-refractivity contribution in [3.05, 3.63) is 54.2 Å². The van der Waals surface area contributed by atoms with E-state index in [1.165, 1.54) is 32.6 Å². The van der Waals surface area contributed by atoms with E-state index < -0.39 is 10.0 Å². The van der Waals surface area contributed by atoms with Crippen molar-refractivity contribution in [2.75, 3.05) is 21.3 Å². The van der Waals surface area contributed by atoms with Crippen molar-refractivity contribution >= 4 is 16.2 Å². The van der Waals surface area contributed by atoms with Crippen LogP contribution >= 0.6 is 0 Å². The van der Waals surface area contributed by atoms with E-state index in [0.29, 0.717) is 17.0 Å². The molecule has 0 saturated heterocycles. The van der Waals surface area contributed by atoms with Crippen molar-refractivity contribution in [1.29, 1.82) is 0 Å². The standard InChI is InChI=1S/C19H20N4O5S/c1-26-15-6-4-13(5-7-15)19-14(11-20-22-19)12-21-23-29(24,25)18-10-16(27-2)8-9-17(18)28-3/h4-12,23H,1-3H3,(H,20,22)/b21-12-. The summed E-state index contributed by atoms with van der Waals surface area (Å²) in [5, 5.41) is 10.7. The average molecular weight is 416 g/mol. The number of aromatic nitrogens is 2. The minimum Gasteiger partial charge on any atom is -0.497 e. The second-order valence-electron chi connectivity index (χ2n) is 5.80. The predicted octanol–water partition coefficient (Wildman–Crippen LogP) is 2.41. The van der Waals surface area contributed by atoms with Gasteiger partial charge in [0.05, 0.1) is 39.4 Å². The largest absolute Gasteiger partial charge is 0.497 e. The lowest BCUT2D eigenvalue weighted by Crippen LogP contribution is -2.19. The fourth-order valence-electron chi connectivity index (χ4n) is 2.59. The summed E-state index contributed by atoms with van der Waals surface area (Å²) < 4.78 is 40.6. The van der Waals surface area contributed by atoms with Crippen molar-refractivity contribution in [3.63, 3.8) is 0 Å². The van der Waals surface area contributed by atoms with Crippen LogP contribution in [0.15, 0.2) is 58.7 Å². The molecule has 10 heteroatoms. The van der Waals surface area contributed by atoms with Gasteiger partial charge in [0.1, 0.15) is 22.1 Å². The van der Waals surface area contributed by atoms with Crippen molar-refractivity contribution < 1.29 is 22.6 Å². The number of nitrogens with one attached hydrogen (secondary N) is 2. The minimum absolute atomic E-state index is 0.0842. The summed E-state index contributed by atoms with van der Waals surface area (Å²) in [5.41, 5.74) is 2.15. The molecule has 0 saturated carbocycles. The van der Waals surface area contributed by atoms with Gasteiger partial charge < -0.3 is 14.2 Å². The molecule has 0 amide bonds. The van der Waals surface area contributed by atoms with Gasteiger partial charge in [-0.3, -0.25) is 5.10 Å². The maximum atomic E-state index is 12.6. The summed E-state index contributed by atoms with van der Waals surface area (Å²) in [7, 11) is 0.448. The zero-order valence-corrected chi connectivity index (χ0v) is 16.9. The van der Waals surface area contributed by atoms with Gasteiger partial charge in [0, 0.05) is 17.2 Å². The van der Waals surface area contributed by atoms with Gasteiger partial charge in [-0.1, -0.05) is 0 Å². The Bertz CT molecular complexity index is 1110. The molecule has 0 unspecified atom stereocenters. The zero-order valence-electron chi connectivity index (χ0n) is 16.0. The summed E-state index contributed by atoms with van der Waals surface area (Å²) in [6.07, 6.45) is 2.91. The monoisotopic (exact) mass is 416 g/mol. The number of hydrogen-bond donors (Lipinski definition) is 2. The number of ether oxygens (including phenoxy) is 3. The third kappa shape index (κ3) is 4.49. The van der Waals surface area contributed by atoms with Crippen LogP contribution in [0, 0.1) is 0 Å². The van der Waals surface area contributed by atoms with E-state index in [1.54, 1.807) is 19.4 Å². The number of H-pyrrole nitrogens is 1. The Morgan fingerprint density at radius 3 is 2.34 bits per heavy atom. The Kier molecular flexibility index (Phi) is 6.03. The van der Waals surface area contributed by atoms with Crippen LogP contribution in [0.25, 0.3) is 11.3 Å². The quantitative estimate of drug-likeness (QED) is 0.430. The molecule has 0 atom stereocenters. The molecule has 2 N–H and O–H groups in total. The Balaban J connectivity index is 1.82. The van der Waals surface area contributed by atoms with Crippen LogP contribution < -0.4 is 19.0 Å². The summed E-state index contributed by atoms with van der Waals surface area (Å²) in [6.45, 7) is 0. The molecule has 0 spiro atoms. The minimum atomic E-state index is -3.98. The highest BCUT2D eigenvalue weighted by atomic mass is 32.2. The number of sulfonamides is 1. The lowest BCUT2D eigenvalue weighted by Gasteiger charge is -2.10. The van der Waals surface area contributed by atoms with E-state index in [9.17, 15) is 8.42 Å². The summed E-state index contributed by atoms with van der Waals surface area (Å²) in [5.74, 6) is 1.28. The molecule has 2 aromatic carbocycles. The van der Waals surface area contributed by atoms with Crippen molar-refractivity contribution in [3.8, 4) is 28.5 Å². The average Bonchev–Trinajstić information content (AvgIpc) is 3.21. The molecular formula is C19H20N4O5S. The highest BCUT2D eigenvalue weighted by Gasteiger charge is 2.20. The van der Waals surface area contributed by atoms with Crippen LogP contribution in [0.3, 0.4) is 0 Å². The van der Waals surface area contributed by atoms with Gasteiger partial charge in [-0.05, 0) is 36.4 Å². The smallest absolute Gasteiger partial charge is 0.280 e. The topological polar surface area (TPSA) is 115 Å². The molecule has 0 fully saturated rings. The van der Waals surface area contributed by atoms with Crippen LogP contribution in [0.1, 0.15) is 5.56 Å². The van der Waals surface area contributed by atoms with E-state index in [2.05, 4.69) is 20.1 Å². The third-order valence-electron chi connectivity index (χ3n) is 4.08. The van der Waals surface area contributed by atoms with Crippen LogP contribution in [-0.4, -0.2) is 46.2 Å². The fraction of sp³-hybridized carbons (Fsp3) is 0.158. The molecule has 3 aromatic rings. The number of hydrazone groups is 1. The van der Waals surface area contributed by atoms with Gasteiger partial charge in [0.15, 0.2) is 0 Å². The van der Waals surface area contributed by atoms with E-state index in [0.717, 1.165) is 11.3 Å². The first-order valence-electron chi connectivity index (χ1n) is 8.43. The molecule has 0 radical (unpaired) electrons. The van der Waals surface area contributed by atoms with E-state index in [1.807, 2.05) is 24.3 Å². The number of aromatic amines is 1. The lowest BCUT2D eigenvalue weighted by molar-refractivity contribution is 0.392. The van der Waals surface area contributed by atoms with Gasteiger partial charge in [-0.15, -0.1) is 0 Å². The van der Waals surface area contributed by atoms with Crippen molar-refractivity contribution in [2.45, 2.75) is 4.90 Å². The Labute approximate surface area is 168 Å². The van der Waals surface area contributed by atoms with Gasteiger partial charge in [0.2, 0.25) is 0 Å². The first kappa shape index (κ1) is 20.2. The number of hydrogen-bond acceptors (Lipinski definition) is 7. The van der Waals surface area contributed by atoms with Crippen LogP contribution in [-0.2, 0) is 10.0 Å².